The van der Waals surface area contributed by atoms with Crippen LogP contribution in [0.2, 0.25) is 0 Å². The van der Waals surface area contributed by atoms with Gasteiger partial charge in [-0.25, -0.2) is 4.39 Å². The zero-order valence-corrected chi connectivity index (χ0v) is 10.7. The van der Waals surface area contributed by atoms with Crippen molar-refractivity contribution in [3.05, 3.63) is 29.6 Å². The maximum absolute atomic E-state index is 12.9. The molecule has 0 radical (unpaired) electrons. The van der Waals surface area contributed by atoms with E-state index in [0.29, 0.717) is 12.1 Å². The molecule has 0 saturated heterocycles. The van der Waals surface area contributed by atoms with Crippen molar-refractivity contribution in [3.8, 4) is 0 Å². The molecule has 1 rings (SSSR count). The molecule has 2 nitrogen and oxygen atoms in total. The van der Waals surface area contributed by atoms with Crippen LogP contribution in [0.15, 0.2) is 23.1 Å². The van der Waals surface area contributed by atoms with E-state index in [0.717, 1.165) is 12.2 Å². The standard InChI is InChI=1S/C11H14FNOS2/c1-16-6-2-5-13-11(14)8-3-4-9(12)10(15)7-8/h3-4,7,15H,2,5-6H2,1H3,(H,13,14). The number of thioether (sulfide) groups is 1. The zero-order valence-electron chi connectivity index (χ0n) is 9.00. The molecule has 0 heterocycles. The summed E-state index contributed by atoms with van der Waals surface area (Å²) in [6.07, 6.45) is 2.96. The van der Waals surface area contributed by atoms with Crippen LogP contribution in [0.25, 0.3) is 0 Å². The largest absolute Gasteiger partial charge is 0.352 e. The Kier molecular flexibility index (Phi) is 5.69. The number of hydrogen-bond donors (Lipinski definition) is 2. The highest BCUT2D eigenvalue weighted by molar-refractivity contribution is 7.98. The van der Waals surface area contributed by atoms with Crippen molar-refractivity contribution in [1.82, 2.24) is 5.32 Å². The molecule has 1 N–H and O–H groups in total. The maximum atomic E-state index is 12.9. The molecule has 0 aromatic heterocycles. The second kappa shape index (κ2) is 6.81. The van der Waals surface area contributed by atoms with Crippen LogP contribution in [0.5, 0.6) is 0 Å². The second-order valence-electron chi connectivity index (χ2n) is 3.27. The van der Waals surface area contributed by atoms with Crippen molar-refractivity contribution in [2.45, 2.75) is 11.3 Å². The Balaban J connectivity index is 2.50. The third kappa shape index (κ3) is 4.06. The quantitative estimate of drug-likeness (QED) is 0.628. The van der Waals surface area contributed by atoms with E-state index in [4.69, 9.17) is 0 Å². The third-order valence-corrected chi connectivity index (χ3v) is 3.06. The first-order valence-corrected chi connectivity index (χ1v) is 6.75. The molecule has 0 aliphatic rings. The molecule has 5 heteroatoms. The summed E-state index contributed by atoms with van der Waals surface area (Å²) in [7, 11) is 0. The highest BCUT2D eigenvalue weighted by atomic mass is 32.2. The van der Waals surface area contributed by atoms with Crippen LogP contribution in [-0.4, -0.2) is 24.5 Å². The summed E-state index contributed by atoms with van der Waals surface area (Å²) in [5.41, 5.74) is 0.440. The van der Waals surface area contributed by atoms with Gasteiger partial charge in [-0.1, -0.05) is 0 Å². The number of nitrogens with one attached hydrogen (secondary N) is 1. The Morgan fingerprint density at radius 1 is 1.56 bits per heavy atom. The van der Waals surface area contributed by atoms with Gasteiger partial charge in [0.15, 0.2) is 0 Å². The Labute approximate surface area is 104 Å². The molecule has 88 valence electrons. The minimum absolute atomic E-state index is 0.184. The van der Waals surface area contributed by atoms with Gasteiger partial charge in [-0.3, -0.25) is 4.79 Å². The van der Waals surface area contributed by atoms with Gasteiger partial charge in [-0.05, 0) is 36.6 Å². The topological polar surface area (TPSA) is 29.1 Å². The van der Waals surface area contributed by atoms with Crippen LogP contribution < -0.4 is 5.32 Å². The van der Waals surface area contributed by atoms with Crippen LogP contribution in [0.1, 0.15) is 16.8 Å². The van der Waals surface area contributed by atoms with Gasteiger partial charge in [-0.15, -0.1) is 12.6 Å². The Morgan fingerprint density at radius 3 is 2.94 bits per heavy atom. The summed E-state index contributed by atoms with van der Waals surface area (Å²) in [6.45, 7) is 0.638. The summed E-state index contributed by atoms with van der Waals surface area (Å²) in [5.74, 6) is 0.417. The number of halogens is 1. The van der Waals surface area contributed by atoms with Crippen LogP contribution in [0.3, 0.4) is 0 Å². The van der Waals surface area contributed by atoms with E-state index in [1.54, 1.807) is 11.8 Å². The maximum Gasteiger partial charge on any atom is 0.251 e. The molecule has 1 aromatic rings. The average molecular weight is 259 g/mol. The minimum Gasteiger partial charge on any atom is -0.352 e. The van der Waals surface area contributed by atoms with E-state index in [9.17, 15) is 9.18 Å². The van der Waals surface area contributed by atoms with Crippen LogP contribution >= 0.6 is 24.4 Å². The van der Waals surface area contributed by atoms with Crippen molar-refractivity contribution in [2.75, 3.05) is 18.6 Å². The lowest BCUT2D eigenvalue weighted by atomic mass is 10.2. The molecule has 1 amide bonds. The van der Waals surface area contributed by atoms with E-state index < -0.39 is 5.82 Å². The van der Waals surface area contributed by atoms with Crippen molar-refractivity contribution in [3.63, 3.8) is 0 Å². The van der Waals surface area contributed by atoms with Gasteiger partial charge in [-0.2, -0.15) is 11.8 Å². The average Bonchev–Trinajstić information content (AvgIpc) is 2.28. The first kappa shape index (κ1) is 13.4. The number of carbonyl (C=O) groups is 1. The Morgan fingerprint density at radius 2 is 2.31 bits per heavy atom. The number of benzene rings is 1. The highest BCUT2D eigenvalue weighted by Crippen LogP contribution is 2.14. The van der Waals surface area contributed by atoms with E-state index in [2.05, 4.69) is 17.9 Å². The molecule has 0 unspecified atom stereocenters. The van der Waals surface area contributed by atoms with E-state index in [1.807, 2.05) is 6.26 Å². The van der Waals surface area contributed by atoms with Gasteiger partial charge in [0.05, 0.1) is 0 Å². The first-order valence-electron chi connectivity index (χ1n) is 4.91. The molecule has 0 fully saturated rings. The van der Waals surface area contributed by atoms with Gasteiger partial charge < -0.3 is 5.32 Å². The van der Waals surface area contributed by atoms with Crippen molar-refractivity contribution < 1.29 is 9.18 Å². The fourth-order valence-electron chi connectivity index (χ4n) is 1.17. The SMILES string of the molecule is CSCCCNC(=O)c1ccc(F)c(S)c1. The predicted molar refractivity (Wildman–Crippen MR) is 69.0 cm³/mol. The summed E-state index contributed by atoms with van der Waals surface area (Å²) < 4.78 is 12.9. The molecular formula is C11H14FNOS2. The lowest BCUT2D eigenvalue weighted by molar-refractivity contribution is 0.0953. The van der Waals surface area contributed by atoms with E-state index >= 15 is 0 Å². The smallest absolute Gasteiger partial charge is 0.251 e. The lowest BCUT2D eigenvalue weighted by Gasteiger charge is -2.05. The Bertz CT molecular complexity index is 371. The normalized spacial score (nSPS) is 10.2. The van der Waals surface area contributed by atoms with Crippen molar-refractivity contribution in [1.29, 1.82) is 0 Å². The fourth-order valence-corrected chi connectivity index (χ4v) is 1.82. The molecule has 0 aliphatic carbocycles. The van der Waals surface area contributed by atoms with Crippen LogP contribution in [-0.2, 0) is 0 Å². The van der Waals surface area contributed by atoms with Crippen molar-refractivity contribution in [2.24, 2.45) is 0 Å². The van der Waals surface area contributed by atoms with Gasteiger partial charge in [0, 0.05) is 17.0 Å². The van der Waals surface area contributed by atoms with Gasteiger partial charge in [0.25, 0.3) is 5.91 Å². The number of carbonyl (C=O) groups excluding carboxylic acids is 1. The summed E-state index contributed by atoms with van der Waals surface area (Å²) in [5, 5.41) is 2.77. The predicted octanol–water partition coefficient (Wildman–Crippen LogP) is 2.60. The number of thiol groups is 1. The van der Waals surface area contributed by atoms with Crippen LogP contribution in [0, 0.1) is 5.82 Å². The van der Waals surface area contributed by atoms with Crippen molar-refractivity contribution >= 4 is 30.3 Å². The third-order valence-electron chi connectivity index (χ3n) is 2.02. The monoisotopic (exact) mass is 259 g/mol. The molecular weight excluding hydrogens is 245 g/mol. The Hall–Kier alpha value is -0.680. The summed E-state index contributed by atoms with van der Waals surface area (Å²) in [4.78, 5) is 11.8. The van der Waals surface area contributed by atoms with E-state index in [-0.39, 0.29) is 10.8 Å². The number of hydrogen-bond acceptors (Lipinski definition) is 3. The zero-order chi connectivity index (χ0) is 12.0. The van der Waals surface area contributed by atoms with Gasteiger partial charge in [0.1, 0.15) is 5.82 Å². The molecule has 1 aromatic carbocycles. The molecule has 0 saturated carbocycles. The molecule has 0 atom stereocenters. The minimum atomic E-state index is -0.415. The molecule has 0 aliphatic heterocycles. The summed E-state index contributed by atoms with van der Waals surface area (Å²) in [6, 6.07) is 4.14. The fraction of sp³-hybridized carbons (Fsp3) is 0.364. The molecule has 16 heavy (non-hydrogen) atoms. The molecule has 0 bridgehead atoms. The first-order chi connectivity index (χ1) is 7.65. The number of amides is 1. The summed E-state index contributed by atoms with van der Waals surface area (Å²) >= 11 is 5.67. The molecule has 0 spiro atoms. The van der Waals surface area contributed by atoms with Gasteiger partial charge >= 0.3 is 0 Å². The second-order valence-corrected chi connectivity index (χ2v) is 4.74. The van der Waals surface area contributed by atoms with E-state index in [1.165, 1.54) is 18.2 Å². The van der Waals surface area contributed by atoms with Gasteiger partial charge in [0.2, 0.25) is 0 Å². The van der Waals surface area contributed by atoms with Crippen LogP contribution in [0.4, 0.5) is 4.39 Å². The lowest BCUT2D eigenvalue weighted by Crippen LogP contribution is -2.24. The highest BCUT2D eigenvalue weighted by Gasteiger charge is 2.07. The number of rotatable bonds is 5.